The van der Waals surface area contributed by atoms with E-state index in [0.717, 1.165) is 0 Å². The second kappa shape index (κ2) is 4.61. The Morgan fingerprint density at radius 2 is 2.25 bits per heavy atom. The molecule has 0 heterocycles. The number of isothiocyanates is 1. The van der Waals surface area contributed by atoms with E-state index in [2.05, 4.69) is 16.1 Å². The zero-order valence-electron chi connectivity index (χ0n) is 2.36. The predicted octanol–water partition coefficient (Wildman–Crippen LogP) is 0.173. The van der Waals surface area contributed by atoms with Crippen molar-refractivity contribution < 1.29 is 0 Å². The van der Waals surface area contributed by atoms with E-state index < -0.39 is 0 Å². The quantitative estimate of drug-likeness (QED) is 0.348. The molecule has 16 valence electrons. The van der Waals surface area contributed by atoms with Gasteiger partial charge in [0.1, 0.15) is 0 Å². The van der Waals surface area contributed by atoms with Gasteiger partial charge in [-0.15, -0.1) is 0 Å². The van der Waals surface area contributed by atoms with Gasteiger partial charge in [-0.3, -0.25) is 0 Å². The van der Waals surface area contributed by atoms with E-state index in [1.165, 1.54) is 0 Å². The molecule has 0 atom stereocenters. The van der Waals surface area contributed by atoms with E-state index in [-0.39, 0.29) is 0 Å². The first-order valence-electron chi connectivity index (χ1n) is 0.875. The Kier molecular flexibility index (Phi) is 6.45. The Morgan fingerprint density at radius 3 is 2.25 bits per heavy atom. The molecule has 0 aromatic heterocycles. The molecule has 0 bridgehead atoms. The van der Waals surface area contributed by atoms with Crippen molar-refractivity contribution in [3.8, 4) is 0 Å². The maximum atomic E-state index is 4.19. The summed E-state index contributed by atoms with van der Waals surface area (Å²) in [6.45, 7) is 0. The SMILES string of the molecule is S=C=[N][Rb]. The van der Waals surface area contributed by atoms with Crippen molar-refractivity contribution in [2.24, 2.45) is -1.26 Å². The van der Waals surface area contributed by atoms with Gasteiger partial charge in [-0.1, -0.05) is 0 Å². The number of nitrogens with zero attached hydrogens (tertiary/aromatic N) is 1. The van der Waals surface area contributed by atoms with Crippen LogP contribution in [-0.4, -0.2) is 61.2 Å². The molecule has 0 amide bonds. The number of hydrogen-bond acceptors (Lipinski definition) is 2. The summed E-state index contributed by atoms with van der Waals surface area (Å²) in [6, 6.07) is 0. The summed E-state index contributed by atoms with van der Waals surface area (Å²) >= 11 is 4.58. The monoisotopic (exact) mass is 143 g/mol. The van der Waals surface area contributed by atoms with Gasteiger partial charge in [-0.2, -0.15) is 0 Å². The van der Waals surface area contributed by atoms with Gasteiger partial charge < -0.3 is 0 Å². The van der Waals surface area contributed by atoms with Crippen LogP contribution in [0.4, 0.5) is 0 Å². The Hall–Kier alpha value is 1.61. The molecule has 0 aromatic carbocycles. The van der Waals surface area contributed by atoms with Gasteiger partial charge >= 0.3 is 72.1 Å². The van der Waals surface area contributed by atoms with Crippen LogP contribution in [0.5, 0.6) is 0 Å². The van der Waals surface area contributed by atoms with Crippen LogP contribution in [0.1, 0.15) is 0 Å². The van der Waals surface area contributed by atoms with Crippen molar-refractivity contribution in [3.05, 3.63) is 0 Å². The number of thiocarbonyl (C=S) groups is 1. The molecule has 0 radical (unpaired) electrons. The first-order valence-corrected chi connectivity index (χ1v) is 3.48. The summed E-state index contributed by atoms with van der Waals surface area (Å²) in [6.07, 6.45) is 0. The van der Waals surface area contributed by atoms with Crippen molar-refractivity contribution in [2.75, 3.05) is 0 Å². The third-order valence-electron chi connectivity index (χ3n) is 0.0913. The van der Waals surface area contributed by atoms with Crippen LogP contribution in [0.25, 0.3) is 0 Å². The van der Waals surface area contributed by atoms with E-state index in [1.807, 2.05) is 0 Å². The summed E-state index contributed by atoms with van der Waals surface area (Å²) in [5.74, 6) is 0. The molecular weight excluding hydrogens is 144 g/mol. The first kappa shape index (κ1) is 5.61. The Balaban J connectivity index is 3.11. The molecule has 0 spiro atoms. The number of rotatable bonds is 0. The van der Waals surface area contributed by atoms with E-state index >= 15 is 0 Å². The molecule has 0 N–H and O–H groups in total. The normalized spacial score (nSPS) is 4.50. The van der Waals surface area contributed by atoms with E-state index in [0.29, 0.717) is 56.0 Å². The summed E-state index contributed by atoms with van der Waals surface area (Å²) in [4.78, 5) is 0. The van der Waals surface area contributed by atoms with Gasteiger partial charge in [0.25, 0.3) is 0 Å². The minimum absolute atomic E-state index is 0.394. The van der Waals surface area contributed by atoms with Gasteiger partial charge in [-0.25, -0.2) is 0 Å². The Morgan fingerprint density at radius 1 is 2.00 bits per heavy atom. The predicted molar refractivity (Wildman–Crippen MR) is 20.8 cm³/mol. The Bertz CT molecular complexity index is 46.0. The molecule has 0 unspecified atom stereocenters. The molecule has 0 saturated heterocycles. The summed E-state index contributed by atoms with van der Waals surface area (Å²) < 4.78 is 3.51. The molecule has 0 saturated carbocycles. The van der Waals surface area contributed by atoms with Crippen LogP contribution in [0.15, 0.2) is -1.26 Å². The molecule has 0 aliphatic heterocycles. The molecule has 1 nitrogen and oxygen atoms in total. The van der Waals surface area contributed by atoms with Crippen molar-refractivity contribution in [3.63, 3.8) is 0 Å². The summed E-state index contributed by atoms with van der Waals surface area (Å²) in [7, 11) is 0. The molecule has 0 fully saturated rings. The Labute approximate surface area is 70.2 Å². The molecular formula is CNRbS. The average molecular weight is 144 g/mol. The van der Waals surface area contributed by atoms with Crippen LogP contribution in [0.2, 0.25) is 0 Å². The van der Waals surface area contributed by atoms with Crippen LogP contribution in [0.3, 0.4) is 0 Å². The van der Waals surface area contributed by atoms with Crippen molar-refractivity contribution in [1.82, 2.24) is 0 Å². The standard InChI is InChI=1S/CNS.Rb/c2-1-3;/q-1;+1. The minimum atomic E-state index is 0.394. The second-order valence-electron chi connectivity index (χ2n) is 0.315. The van der Waals surface area contributed by atoms with Gasteiger partial charge in [-0.05, 0) is 0 Å². The van der Waals surface area contributed by atoms with Gasteiger partial charge in [0.2, 0.25) is 0 Å². The second-order valence-corrected chi connectivity index (χ2v) is 1.60. The molecule has 0 aromatic rings. The average Bonchev–Trinajstić information content (AvgIpc) is 1.37. The zero-order chi connectivity index (χ0) is 3.41. The molecule has 3 heteroatoms. The zero-order valence-corrected chi connectivity index (χ0v) is 8.09. The van der Waals surface area contributed by atoms with E-state index in [9.17, 15) is 0 Å². The molecule has 4 heavy (non-hydrogen) atoms. The molecule has 0 aliphatic rings. The third kappa shape index (κ3) is 3.61. The van der Waals surface area contributed by atoms with Crippen LogP contribution in [0, 0.1) is 0 Å². The summed E-state index contributed by atoms with van der Waals surface area (Å²) in [5.41, 5.74) is 0. The fourth-order valence-electron chi connectivity index (χ4n) is 0. The fraction of sp³-hybridized carbons (Fsp3) is 0. The summed E-state index contributed by atoms with van der Waals surface area (Å²) in [5, 5.41) is 2.23. The van der Waals surface area contributed by atoms with E-state index in [4.69, 9.17) is 0 Å². The van der Waals surface area contributed by atoms with Crippen molar-refractivity contribution in [2.45, 2.75) is 0 Å². The van der Waals surface area contributed by atoms with Crippen molar-refractivity contribution in [1.29, 1.82) is 0 Å². The first-order chi connectivity index (χ1) is 1.91. The molecule has 0 aliphatic carbocycles. The van der Waals surface area contributed by atoms with Gasteiger partial charge in [0.15, 0.2) is 0 Å². The molecule has 0 rings (SSSR count). The topological polar surface area (TPSA) is 12.4 Å². The maximum absolute atomic E-state index is 4.19. The van der Waals surface area contributed by atoms with Crippen LogP contribution in [-0.2, 0) is 0 Å². The van der Waals surface area contributed by atoms with E-state index in [1.54, 1.807) is 0 Å². The number of hydrogen-bond donors (Lipinski definition) is 0. The van der Waals surface area contributed by atoms with Gasteiger partial charge in [0.05, 0.1) is 0 Å². The van der Waals surface area contributed by atoms with Crippen LogP contribution >= 0.6 is 12.2 Å². The van der Waals surface area contributed by atoms with Crippen molar-refractivity contribution >= 4 is 73.4 Å². The third-order valence-corrected chi connectivity index (χ3v) is 1.62. The van der Waals surface area contributed by atoms with Crippen LogP contribution < -0.4 is 0 Å². The van der Waals surface area contributed by atoms with Gasteiger partial charge in [0, 0.05) is 0 Å². The fourth-order valence-corrected chi connectivity index (χ4v) is 0.